The monoisotopic (exact) mass is 278 g/mol. The highest BCUT2D eigenvalue weighted by Gasteiger charge is 2.32. The summed E-state index contributed by atoms with van der Waals surface area (Å²) in [7, 11) is 0. The van der Waals surface area contributed by atoms with E-state index in [-0.39, 0.29) is 0 Å². The van der Waals surface area contributed by atoms with Gasteiger partial charge in [-0.1, -0.05) is 78.6 Å². The first-order chi connectivity index (χ1) is 9.63. The summed E-state index contributed by atoms with van der Waals surface area (Å²) in [5.74, 6) is 3.11. The molecular weight excluding hydrogens is 240 g/mol. The molecule has 118 valence electrons. The molecule has 0 aromatic carbocycles. The van der Waals surface area contributed by atoms with Gasteiger partial charge in [-0.3, -0.25) is 0 Å². The zero-order chi connectivity index (χ0) is 14.4. The van der Waals surface area contributed by atoms with Crippen LogP contribution in [0, 0.1) is 23.2 Å². The van der Waals surface area contributed by atoms with Gasteiger partial charge in [0, 0.05) is 0 Å². The summed E-state index contributed by atoms with van der Waals surface area (Å²) in [6.45, 7) is 7.57. The lowest BCUT2D eigenvalue weighted by Gasteiger charge is -2.39. The largest absolute Gasteiger partial charge is 0.0651 e. The molecule has 0 aliphatic heterocycles. The average Bonchev–Trinajstić information content (AvgIpc) is 2.50. The lowest BCUT2D eigenvalue weighted by molar-refractivity contribution is 0.121. The van der Waals surface area contributed by atoms with Crippen LogP contribution in [0.25, 0.3) is 0 Å². The Balaban J connectivity index is 1.81. The first-order valence-corrected chi connectivity index (χ1v) is 9.63. The van der Waals surface area contributed by atoms with Crippen LogP contribution in [0.1, 0.15) is 104 Å². The summed E-state index contributed by atoms with van der Waals surface area (Å²) in [5.41, 5.74) is 0.600. The zero-order valence-corrected chi connectivity index (χ0v) is 14.4. The summed E-state index contributed by atoms with van der Waals surface area (Å²) < 4.78 is 0. The molecule has 0 saturated heterocycles. The smallest absolute Gasteiger partial charge is 0.0326 e. The lowest BCUT2D eigenvalue weighted by Crippen LogP contribution is -2.28. The minimum atomic E-state index is 0.600. The Kier molecular flexibility index (Phi) is 6.43. The molecule has 0 heteroatoms. The minimum Gasteiger partial charge on any atom is -0.0651 e. The van der Waals surface area contributed by atoms with Gasteiger partial charge in [-0.25, -0.2) is 0 Å². The van der Waals surface area contributed by atoms with Crippen LogP contribution in [-0.4, -0.2) is 0 Å². The van der Waals surface area contributed by atoms with E-state index in [2.05, 4.69) is 20.8 Å². The van der Waals surface area contributed by atoms with Gasteiger partial charge in [0.2, 0.25) is 0 Å². The molecule has 0 aromatic rings. The molecule has 0 amide bonds. The van der Waals surface area contributed by atoms with E-state index in [9.17, 15) is 0 Å². The Labute approximate surface area is 128 Å². The predicted octanol–water partition coefficient (Wildman–Crippen LogP) is 6.98. The third-order valence-corrected chi connectivity index (χ3v) is 6.71. The SMILES string of the molecule is CCC(CCC(C)(C)C1CCCCC1)C1CCCCC1. The van der Waals surface area contributed by atoms with Crippen LogP contribution in [0.4, 0.5) is 0 Å². The van der Waals surface area contributed by atoms with Crippen LogP contribution in [-0.2, 0) is 0 Å². The molecule has 20 heavy (non-hydrogen) atoms. The molecule has 2 aliphatic carbocycles. The van der Waals surface area contributed by atoms with Crippen molar-refractivity contribution in [1.29, 1.82) is 0 Å². The maximum atomic E-state index is 2.57. The van der Waals surface area contributed by atoms with Crippen molar-refractivity contribution in [3.8, 4) is 0 Å². The average molecular weight is 279 g/mol. The highest BCUT2D eigenvalue weighted by atomic mass is 14.4. The van der Waals surface area contributed by atoms with Gasteiger partial charge < -0.3 is 0 Å². The van der Waals surface area contributed by atoms with Gasteiger partial charge in [-0.05, 0) is 48.9 Å². The minimum absolute atomic E-state index is 0.600. The normalized spacial score (nSPS) is 24.8. The van der Waals surface area contributed by atoms with Crippen molar-refractivity contribution in [1.82, 2.24) is 0 Å². The Morgan fingerprint density at radius 1 is 0.850 bits per heavy atom. The van der Waals surface area contributed by atoms with E-state index < -0.39 is 0 Å². The van der Waals surface area contributed by atoms with Gasteiger partial charge in [0.1, 0.15) is 0 Å². The van der Waals surface area contributed by atoms with E-state index in [1.54, 1.807) is 0 Å². The predicted molar refractivity (Wildman–Crippen MR) is 89.9 cm³/mol. The molecule has 0 bridgehead atoms. The molecule has 1 atom stereocenters. The van der Waals surface area contributed by atoms with Crippen molar-refractivity contribution in [3.63, 3.8) is 0 Å². The summed E-state index contributed by atoms with van der Waals surface area (Å²) >= 11 is 0. The molecular formula is C20H38. The van der Waals surface area contributed by atoms with Crippen molar-refractivity contribution in [3.05, 3.63) is 0 Å². The Morgan fingerprint density at radius 3 is 1.95 bits per heavy atom. The standard InChI is InChI=1S/C20H38/c1-4-17(18-11-7-5-8-12-18)15-16-20(2,3)19-13-9-6-10-14-19/h17-19H,4-16H2,1-3H3. The summed E-state index contributed by atoms with van der Waals surface area (Å²) in [5, 5.41) is 0. The molecule has 0 heterocycles. The number of hydrogen-bond donors (Lipinski definition) is 0. The Morgan fingerprint density at radius 2 is 1.40 bits per heavy atom. The maximum absolute atomic E-state index is 2.57. The van der Waals surface area contributed by atoms with Gasteiger partial charge >= 0.3 is 0 Å². The molecule has 0 N–H and O–H groups in total. The van der Waals surface area contributed by atoms with Crippen molar-refractivity contribution < 1.29 is 0 Å². The fourth-order valence-corrected chi connectivity index (χ4v) is 5.02. The van der Waals surface area contributed by atoms with Crippen molar-refractivity contribution in [2.45, 2.75) is 104 Å². The second-order valence-electron chi connectivity index (χ2n) is 8.43. The first-order valence-electron chi connectivity index (χ1n) is 9.63. The molecule has 1 unspecified atom stereocenters. The van der Waals surface area contributed by atoms with Crippen LogP contribution in [0.3, 0.4) is 0 Å². The van der Waals surface area contributed by atoms with Crippen LogP contribution in [0.5, 0.6) is 0 Å². The van der Waals surface area contributed by atoms with Crippen molar-refractivity contribution in [2.75, 3.05) is 0 Å². The van der Waals surface area contributed by atoms with E-state index >= 15 is 0 Å². The van der Waals surface area contributed by atoms with Crippen LogP contribution in [0.15, 0.2) is 0 Å². The quantitative estimate of drug-likeness (QED) is 0.491. The van der Waals surface area contributed by atoms with E-state index in [1.807, 2.05) is 0 Å². The topological polar surface area (TPSA) is 0 Å². The first kappa shape index (κ1) is 16.4. The third-order valence-electron chi connectivity index (χ3n) is 6.71. The second-order valence-corrected chi connectivity index (χ2v) is 8.43. The highest BCUT2D eigenvalue weighted by molar-refractivity contribution is 4.83. The fourth-order valence-electron chi connectivity index (χ4n) is 5.02. The van der Waals surface area contributed by atoms with Gasteiger partial charge in [0.05, 0.1) is 0 Å². The molecule has 2 saturated carbocycles. The van der Waals surface area contributed by atoms with E-state index in [4.69, 9.17) is 0 Å². The maximum Gasteiger partial charge on any atom is -0.0326 e. The van der Waals surface area contributed by atoms with E-state index in [1.165, 1.54) is 83.5 Å². The summed E-state index contributed by atoms with van der Waals surface area (Å²) in [6.07, 6.45) is 19.5. The highest BCUT2D eigenvalue weighted by Crippen LogP contribution is 2.43. The lowest BCUT2D eigenvalue weighted by atomic mass is 9.66. The summed E-state index contributed by atoms with van der Waals surface area (Å²) in [4.78, 5) is 0. The molecule has 2 fully saturated rings. The summed E-state index contributed by atoms with van der Waals surface area (Å²) in [6, 6.07) is 0. The second kappa shape index (κ2) is 7.85. The molecule has 0 nitrogen and oxygen atoms in total. The van der Waals surface area contributed by atoms with Crippen LogP contribution in [0.2, 0.25) is 0 Å². The fraction of sp³-hybridized carbons (Fsp3) is 1.00. The van der Waals surface area contributed by atoms with Gasteiger partial charge in [-0.2, -0.15) is 0 Å². The van der Waals surface area contributed by atoms with E-state index in [0.717, 1.165) is 17.8 Å². The molecule has 2 aliphatic rings. The van der Waals surface area contributed by atoms with Crippen LogP contribution < -0.4 is 0 Å². The van der Waals surface area contributed by atoms with Gasteiger partial charge in [-0.15, -0.1) is 0 Å². The Hall–Kier alpha value is 0. The van der Waals surface area contributed by atoms with E-state index in [0.29, 0.717) is 5.41 Å². The zero-order valence-electron chi connectivity index (χ0n) is 14.4. The molecule has 0 spiro atoms. The van der Waals surface area contributed by atoms with Crippen LogP contribution >= 0.6 is 0 Å². The number of rotatable bonds is 6. The molecule has 0 radical (unpaired) electrons. The Bertz CT molecular complexity index is 253. The third kappa shape index (κ3) is 4.50. The number of hydrogen-bond acceptors (Lipinski definition) is 0. The van der Waals surface area contributed by atoms with Gasteiger partial charge in [0.15, 0.2) is 0 Å². The van der Waals surface area contributed by atoms with Crippen molar-refractivity contribution in [2.24, 2.45) is 23.2 Å². The van der Waals surface area contributed by atoms with Gasteiger partial charge in [0.25, 0.3) is 0 Å². The van der Waals surface area contributed by atoms with Crippen molar-refractivity contribution >= 4 is 0 Å². The molecule has 2 rings (SSSR count). The molecule has 0 aromatic heterocycles.